The molecule has 2 unspecified atom stereocenters. The van der Waals surface area contributed by atoms with Crippen LogP contribution >= 0.6 is 0 Å². The Hall–Kier alpha value is -1.13. The average molecular weight is 278 g/mol. The molecule has 0 aromatic heterocycles. The molecule has 2 saturated heterocycles. The van der Waals surface area contributed by atoms with Gasteiger partial charge in [0.2, 0.25) is 0 Å². The van der Waals surface area contributed by atoms with Crippen molar-refractivity contribution < 1.29 is 9.13 Å². The fourth-order valence-corrected chi connectivity index (χ4v) is 3.49. The molecule has 4 heteroatoms. The number of halogens is 1. The molecule has 0 saturated carbocycles. The van der Waals surface area contributed by atoms with Gasteiger partial charge in [-0.1, -0.05) is 6.07 Å². The van der Waals surface area contributed by atoms with Crippen LogP contribution in [0.3, 0.4) is 0 Å². The van der Waals surface area contributed by atoms with Crippen LogP contribution in [0.25, 0.3) is 0 Å². The molecule has 2 aliphatic rings. The number of nitrogens with zero attached hydrogens (tertiary/aromatic N) is 1. The lowest BCUT2D eigenvalue weighted by molar-refractivity contribution is 0.108. The van der Waals surface area contributed by atoms with Gasteiger partial charge in [-0.25, -0.2) is 4.39 Å². The fraction of sp³-hybridized carbons (Fsp3) is 0.625. The van der Waals surface area contributed by atoms with Crippen LogP contribution in [0.4, 0.5) is 4.39 Å². The predicted octanol–water partition coefficient (Wildman–Crippen LogP) is 2.41. The number of rotatable bonds is 3. The Labute approximate surface area is 120 Å². The van der Waals surface area contributed by atoms with Crippen molar-refractivity contribution in [2.45, 2.75) is 31.8 Å². The van der Waals surface area contributed by atoms with Gasteiger partial charge in [0, 0.05) is 30.8 Å². The lowest BCUT2D eigenvalue weighted by Crippen LogP contribution is -2.51. The molecular weight excluding hydrogens is 255 g/mol. The smallest absolute Gasteiger partial charge is 0.131 e. The molecular formula is C16H23FN2O. The largest absolute Gasteiger partial charge is 0.497 e. The monoisotopic (exact) mass is 278 g/mol. The number of methoxy groups -OCH3 is 1. The molecule has 0 bridgehead atoms. The van der Waals surface area contributed by atoms with Gasteiger partial charge in [0.25, 0.3) is 0 Å². The first-order chi connectivity index (χ1) is 9.76. The van der Waals surface area contributed by atoms with Crippen molar-refractivity contribution in [3.63, 3.8) is 0 Å². The number of likely N-dealkylation sites (tertiary alicyclic amines) is 1. The van der Waals surface area contributed by atoms with E-state index in [0.717, 1.165) is 31.1 Å². The maximum absolute atomic E-state index is 14.0. The Balaban J connectivity index is 1.63. The molecule has 2 heterocycles. The molecule has 2 atom stereocenters. The minimum Gasteiger partial charge on any atom is -0.497 e. The van der Waals surface area contributed by atoms with E-state index in [1.54, 1.807) is 7.11 Å². The third-order valence-corrected chi connectivity index (χ3v) is 4.63. The number of benzene rings is 1. The minimum absolute atomic E-state index is 0.159. The summed E-state index contributed by atoms with van der Waals surface area (Å²) in [6.07, 6.45) is 3.76. The van der Waals surface area contributed by atoms with Crippen molar-refractivity contribution in [1.82, 2.24) is 10.2 Å². The maximum atomic E-state index is 14.0. The lowest BCUT2D eigenvalue weighted by Gasteiger charge is -2.41. The van der Waals surface area contributed by atoms with Crippen LogP contribution in [0.2, 0.25) is 0 Å². The minimum atomic E-state index is -0.159. The van der Waals surface area contributed by atoms with Crippen LogP contribution in [0, 0.1) is 11.7 Å². The second kappa shape index (κ2) is 6.10. The maximum Gasteiger partial charge on any atom is 0.131 e. The summed E-state index contributed by atoms with van der Waals surface area (Å²) in [5.74, 6) is 1.16. The first kappa shape index (κ1) is 13.8. The summed E-state index contributed by atoms with van der Waals surface area (Å²) in [7, 11) is 1.56. The van der Waals surface area contributed by atoms with Crippen LogP contribution in [-0.4, -0.2) is 37.7 Å². The average Bonchev–Trinajstić information content (AvgIpc) is 2.49. The van der Waals surface area contributed by atoms with Gasteiger partial charge in [0.15, 0.2) is 0 Å². The first-order valence-electron chi connectivity index (χ1n) is 7.54. The van der Waals surface area contributed by atoms with E-state index in [0.29, 0.717) is 18.3 Å². The van der Waals surface area contributed by atoms with Gasteiger partial charge in [0.05, 0.1) is 7.11 Å². The van der Waals surface area contributed by atoms with Gasteiger partial charge in [-0.05, 0) is 44.3 Å². The van der Waals surface area contributed by atoms with E-state index in [9.17, 15) is 4.39 Å². The fourth-order valence-electron chi connectivity index (χ4n) is 3.49. The van der Waals surface area contributed by atoms with Gasteiger partial charge in [0.1, 0.15) is 11.6 Å². The van der Waals surface area contributed by atoms with Crippen molar-refractivity contribution in [3.05, 3.63) is 29.6 Å². The molecule has 1 aromatic rings. The third-order valence-electron chi connectivity index (χ3n) is 4.63. The van der Waals surface area contributed by atoms with Gasteiger partial charge in [-0.15, -0.1) is 0 Å². The molecule has 0 radical (unpaired) electrons. The molecule has 2 aliphatic heterocycles. The van der Waals surface area contributed by atoms with Gasteiger partial charge < -0.3 is 10.1 Å². The molecule has 20 heavy (non-hydrogen) atoms. The number of piperidine rings is 2. The Morgan fingerprint density at radius 3 is 3.10 bits per heavy atom. The highest BCUT2D eigenvalue weighted by Gasteiger charge is 2.30. The number of nitrogens with one attached hydrogen (secondary N) is 1. The Morgan fingerprint density at radius 2 is 2.30 bits per heavy atom. The quantitative estimate of drug-likeness (QED) is 0.919. The van der Waals surface area contributed by atoms with E-state index < -0.39 is 0 Å². The summed E-state index contributed by atoms with van der Waals surface area (Å²) in [6.45, 7) is 4.01. The summed E-state index contributed by atoms with van der Waals surface area (Å²) in [4.78, 5) is 2.39. The first-order valence-corrected chi connectivity index (χ1v) is 7.54. The Morgan fingerprint density at radius 1 is 1.40 bits per heavy atom. The van der Waals surface area contributed by atoms with Gasteiger partial charge in [-0.2, -0.15) is 0 Å². The highest BCUT2D eigenvalue weighted by Crippen LogP contribution is 2.26. The molecule has 0 aliphatic carbocycles. The van der Waals surface area contributed by atoms with E-state index in [-0.39, 0.29) is 5.82 Å². The van der Waals surface area contributed by atoms with E-state index in [1.807, 2.05) is 12.1 Å². The van der Waals surface area contributed by atoms with Gasteiger partial charge >= 0.3 is 0 Å². The summed E-state index contributed by atoms with van der Waals surface area (Å²) in [5.41, 5.74) is 0.771. The molecule has 2 fully saturated rings. The van der Waals surface area contributed by atoms with Crippen LogP contribution in [0.5, 0.6) is 5.75 Å². The number of hydrogen-bond donors (Lipinski definition) is 1. The molecule has 110 valence electrons. The van der Waals surface area contributed by atoms with Crippen molar-refractivity contribution in [3.8, 4) is 5.75 Å². The van der Waals surface area contributed by atoms with E-state index in [4.69, 9.17) is 4.74 Å². The van der Waals surface area contributed by atoms with Crippen LogP contribution < -0.4 is 10.1 Å². The standard InChI is InChI=1S/C16H23FN2O/c1-20-14-5-4-12(15(17)9-14)10-19-8-6-16-13(11-19)3-2-7-18-16/h4-5,9,13,16,18H,2-3,6-8,10-11H2,1H3. The molecule has 3 nitrogen and oxygen atoms in total. The molecule has 1 aromatic carbocycles. The van der Waals surface area contributed by atoms with Crippen molar-refractivity contribution in [1.29, 1.82) is 0 Å². The Bertz CT molecular complexity index is 466. The summed E-state index contributed by atoms with van der Waals surface area (Å²) in [6, 6.07) is 5.84. The number of ether oxygens (including phenoxy) is 1. The highest BCUT2D eigenvalue weighted by molar-refractivity contribution is 5.28. The van der Waals surface area contributed by atoms with E-state index in [2.05, 4.69) is 10.2 Å². The Kier molecular flexibility index (Phi) is 4.22. The van der Waals surface area contributed by atoms with Crippen molar-refractivity contribution >= 4 is 0 Å². The molecule has 3 rings (SSSR count). The van der Waals surface area contributed by atoms with Gasteiger partial charge in [-0.3, -0.25) is 4.90 Å². The zero-order valence-electron chi connectivity index (χ0n) is 12.1. The van der Waals surface area contributed by atoms with E-state index in [1.165, 1.54) is 25.3 Å². The van der Waals surface area contributed by atoms with Crippen LogP contribution in [0.1, 0.15) is 24.8 Å². The van der Waals surface area contributed by atoms with Crippen LogP contribution in [-0.2, 0) is 6.54 Å². The molecule has 1 N–H and O–H groups in total. The number of fused-ring (bicyclic) bond motifs is 1. The third kappa shape index (κ3) is 2.96. The lowest BCUT2D eigenvalue weighted by atomic mass is 9.85. The zero-order valence-corrected chi connectivity index (χ0v) is 12.1. The van der Waals surface area contributed by atoms with Crippen molar-refractivity contribution in [2.24, 2.45) is 5.92 Å². The van der Waals surface area contributed by atoms with Crippen LogP contribution in [0.15, 0.2) is 18.2 Å². The summed E-state index contributed by atoms with van der Waals surface area (Å²) in [5, 5.41) is 3.61. The molecule has 0 spiro atoms. The zero-order chi connectivity index (χ0) is 13.9. The van der Waals surface area contributed by atoms with E-state index >= 15 is 0 Å². The summed E-state index contributed by atoms with van der Waals surface area (Å²) >= 11 is 0. The van der Waals surface area contributed by atoms with Crippen molar-refractivity contribution in [2.75, 3.05) is 26.7 Å². The second-order valence-electron chi connectivity index (χ2n) is 5.94. The normalized spacial score (nSPS) is 27.1. The SMILES string of the molecule is COc1ccc(CN2CCC3NCCCC3C2)c(F)c1. The highest BCUT2D eigenvalue weighted by atomic mass is 19.1. The second-order valence-corrected chi connectivity index (χ2v) is 5.94. The predicted molar refractivity (Wildman–Crippen MR) is 77.4 cm³/mol. The summed E-state index contributed by atoms with van der Waals surface area (Å²) < 4.78 is 19.1. The number of hydrogen-bond acceptors (Lipinski definition) is 3. The topological polar surface area (TPSA) is 24.5 Å². The molecule has 0 amide bonds.